The lowest BCUT2D eigenvalue weighted by atomic mass is 9.82. The van der Waals surface area contributed by atoms with E-state index < -0.39 is 0 Å². The van der Waals surface area contributed by atoms with Crippen LogP contribution in [0.3, 0.4) is 0 Å². The van der Waals surface area contributed by atoms with Crippen LogP contribution in [0.15, 0.2) is 243 Å². The fourth-order valence-corrected chi connectivity index (χ4v) is 10.3. The van der Waals surface area contributed by atoms with Crippen molar-refractivity contribution in [3.05, 3.63) is 254 Å². The highest BCUT2D eigenvalue weighted by Gasteiger charge is 2.37. The summed E-state index contributed by atoms with van der Waals surface area (Å²) in [4.78, 5) is 4.91. The molecule has 12 rings (SSSR count). The summed E-state index contributed by atoms with van der Waals surface area (Å²) in [5.41, 5.74) is 16.6. The maximum absolute atomic E-state index is 2.50. The van der Waals surface area contributed by atoms with E-state index in [-0.39, 0.29) is 5.41 Å². The van der Waals surface area contributed by atoms with Gasteiger partial charge >= 0.3 is 0 Å². The zero-order valence-electron chi connectivity index (χ0n) is 36.5. The Morgan fingerprint density at radius 3 is 1.29 bits per heavy atom. The Balaban J connectivity index is 0.994. The normalized spacial score (nSPS) is 12.6. The lowest BCUT2D eigenvalue weighted by Crippen LogP contribution is -2.18. The van der Waals surface area contributed by atoms with Gasteiger partial charge in [-0.1, -0.05) is 196 Å². The molecule has 0 atom stereocenters. The first kappa shape index (κ1) is 38.5. The molecule has 0 saturated heterocycles. The molecule has 65 heavy (non-hydrogen) atoms. The molecule has 0 heterocycles. The quantitative estimate of drug-likeness (QED) is 0.141. The molecule has 0 saturated carbocycles. The van der Waals surface area contributed by atoms with Crippen LogP contribution in [0.1, 0.15) is 25.0 Å². The highest BCUT2D eigenvalue weighted by atomic mass is 15.2. The molecule has 1 aliphatic rings. The van der Waals surface area contributed by atoms with E-state index in [2.05, 4.69) is 266 Å². The monoisotopic (exact) mass is 830 g/mol. The molecule has 1 aliphatic carbocycles. The van der Waals surface area contributed by atoms with Crippen molar-refractivity contribution in [3.8, 4) is 33.4 Å². The highest BCUT2D eigenvalue weighted by Crippen LogP contribution is 2.53. The lowest BCUT2D eigenvalue weighted by Gasteiger charge is -2.30. The van der Waals surface area contributed by atoms with E-state index >= 15 is 0 Å². The Labute approximate surface area is 380 Å². The van der Waals surface area contributed by atoms with Gasteiger partial charge < -0.3 is 9.80 Å². The van der Waals surface area contributed by atoms with E-state index in [1.807, 2.05) is 0 Å². The largest absolute Gasteiger partial charge is 0.310 e. The number of hydrogen-bond acceptors (Lipinski definition) is 2. The van der Waals surface area contributed by atoms with E-state index in [0.29, 0.717) is 0 Å². The second-order valence-corrected chi connectivity index (χ2v) is 17.7. The predicted octanol–water partition coefficient (Wildman–Crippen LogP) is 17.7. The molecule has 0 aliphatic heterocycles. The van der Waals surface area contributed by atoms with Crippen molar-refractivity contribution in [2.45, 2.75) is 19.3 Å². The third kappa shape index (κ3) is 6.57. The van der Waals surface area contributed by atoms with Crippen molar-refractivity contribution >= 4 is 66.4 Å². The minimum Gasteiger partial charge on any atom is -0.310 e. The van der Waals surface area contributed by atoms with Gasteiger partial charge in [-0.2, -0.15) is 0 Å². The highest BCUT2D eigenvalue weighted by molar-refractivity contribution is 6.15. The minimum absolute atomic E-state index is 0.285. The van der Waals surface area contributed by atoms with Crippen molar-refractivity contribution in [2.24, 2.45) is 0 Å². The number of fused-ring (bicyclic) bond motifs is 7. The summed E-state index contributed by atoms with van der Waals surface area (Å²) in [6.45, 7) is 4.79. The molecule has 0 bridgehead atoms. The average Bonchev–Trinajstić information content (AvgIpc) is 3.59. The van der Waals surface area contributed by atoms with Crippen LogP contribution >= 0.6 is 0 Å². The Bertz CT molecular complexity index is 3470. The minimum atomic E-state index is -0.285. The number of benzene rings is 11. The molecule has 2 nitrogen and oxygen atoms in total. The van der Waals surface area contributed by atoms with Crippen LogP contribution in [-0.2, 0) is 5.41 Å². The van der Waals surface area contributed by atoms with Crippen molar-refractivity contribution < 1.29 is 0 Å². The number of rotatable bonds is 8. The molecule has 11 aromatic rings. The lowest BCUT2D eigenvalue weighted by molar-refractivity contribution is 0.660. The first-order valence-corrected chi connectivity index (χ1v) is 22.6. The van der Waals surface area contributed by atoms with E-state index in [1.165, 1.54) is 82.5 Å². The van der Waals surface area contributed by atoms with Gasteiger partial charge in [-0.05, 0) is 127 Å². The molecular formula is C63H46N2. The summed E-state index contributed by atoms with van der Waals surface area (Å²) in [5.74, 6) is 0. The Morgan fingerprint density at radius 2 is 0.708 bits per heavy atom. The van der Waals surface area contributed by atoms with E-state index in [0.717, 1.165) is 28.4 Å². The molecule has 308 valence electrons. The Hall–Kier alpha value is -8.20. The molecule has 0 fully saturated rings. The van der Waals surface area contributed by atoms with Crippen molar-refractivity contribution in [1.29, 1.82) is 0 Å². The smallest absolute Gasteiger partial charge is 0.0546 e. The third-order valence-corrected chi connectivity index (χ3v) is 13.6. The summed E-state index contributed by atoms with van der Waals surface area (Å²) in [6, 6.07) is 88.9. The summed E-state index contributed by atoms with van der Waals surface area (Å²) in [6.07, 6.45) is 0. The number of anilines is 6. The van der Waals surface area contributed by atoms with Gasteiger partial charge in [0, 0.05) is 38.9 Å². The first-order chi connectivity index (χ1) is 32.0. The van der Waals surface area contributed by atoms with E-state index in [9.17, 15) is 0 Å². The first-order valence-electron chi connectivity index (χ1n) is 22.6. The molecule has 0 spiro atoms. The standard InChI is InChI=1S/C63H46N2/c1-63(2)59-41-51(64(49-32-28-45(29-33-49)43-16-5-3-6-17-43)50-34-30-46(31-35-50)44-18-7-4-8-19-44)36-38-56(59)57-39-37-52(42-60(57)63)65(61-27-15-22-47-20-9-12-24-54(47)61)62-40-48-21-10-11-23-53(48)55-25-13-14-26-58(55)62/h3-42H,1-2H3. The zero-order chi connectivity index (χ0) is 43.5. The second kappa shape index (κ2) is 15.6. The van der Waals surface area contributed by atoms with Gasteiger partial charge in [0.2, 0.25) is 0 Å². The zero-order valence-corrected chi connectivity index (χ0v) is 36.5. The molecular weight excluding hydrogens is 785 g/mol. The molecule has 0 N–H and O–H groups in total. The van der Waals surface area contributed by atoms with Crippen LogP contribution in [-0.4, -0.2) is 0 Å². The van der Waals surface area contributed by atoms with Gasteiger partial charge in [0.15, 0.2) is 0 Å². The van der Waals surface area contributed by atoms with Crippen molar-refractivity contribution in [1.82, 2.24) is 0 Å². The van der Waals surface area contributed by atoms with Gasteiger partial charge in [0.05, 0.1) is 11.4 Å². The summed E-state index contributed by atoms with van der Waals surface area (Å²) in [7, 11) is 0. The molecule has 11 aromatic carbocycles. The maximum Gasteiger partial charge on any atom is 0.0546 e. The van der Waals surface area contributed by atoms with Crippen LogP contribution < -0.4 is 9.80 Å². The van der Waals surface area contributed by atoms with E-state index in [4.69, 9.17) is 0 Å². The fourth-order valence-electron chi connectivity index (χ4n) is 10.3. The molecule has 0 radical (unpaired) electrons. The van der Waals surface area contributed by atoms with Crippen LogP contribution in [0.5, 0.6) is 0 Å². The fraction of sp³-hybridized carbons (Fsp3) is 0.0476. The van der Waals surface area contributed by atoms with Crippen LogP contribution in [0.25, 0.3) is 65.7 Å². The van der Waals surface area contributed by atoms with Crippen molar-refractivity contribution in [3.63, 3.8) is 0 Å². The summed E-state index contributed by atoms with van der Waals surface area (Å²) < 4.78 is 0. The van der Waals surface area contributed by atoms with Crippen LogP contribution in [0.4, 0.5) is 34.1 Å². The van der Waals surface area contributed by atoms with Gasteiger partial charge in [-0.3, -0.25) is 0 Å². The summed E-state index contributed by atoms with van der Waals surface area (Å²) >= 11 is 0. The SMILES string of the molecule is CC1(C)c2cc(N(c3ccc(-c4ccccc4)cc3)c3ccc(-c4ccccc4)cc3)ccc2-c2ccc(N(c3cccc4ccccc34)c3cc4ccccc4c4ccccc34)cc21. The topological polar surface area (TPSA) is 6.48 Å². The Morgan fingerprint density at radius 1 is 0.277 bits per heavy atom. The van der Waals surface area contributed by atoms with Gasteiger partial charge in [-0.25, -0.2) is 0 Å². The average molecular weight is 831 g/mol. The van der Waals surface area contributed by atoms with E-state index in [1.54, 1.807) is 0 Å². The molecule has 0 amide bonds. The third-order valence-electron chi connectivity index (χ3n) is 13.6. The molecule has 0 unspecified atom stereocenters. The van der Waals surface area contributed by atoms with Gasteiger partial charge in [0.1, 0.15) is 0 Å². The maximum atomic E-state index is 2.50. The number of nitrogens with zero attached hydrogens (tertiary/aromatic N) is 2. The molecule has 0 aromatic heterocycles. The predicted molar refractivity (Wildman–Crippen MR) is 277 cm³/mol. The Kier molecular flexibility index (Phi) is 9.21. The van der Waals surface area contributed by atoms with Crippen LogP contribution in [0.2, 0.25) is 0 Å². The second-order valence-electron chi connectivity index (χ2n) is 17.7. The summed E-state index contributed by atoms with van der Waals surface area (Å²) in [5, 5.41) is 7.40. The molecule has 2 heteroatoms. The van der Waals surface area contributed by atoms with Gasteiger partial charge in [-0.15, -0.1) is 0 Å². The number of hydrogen-bond donors (Lipinski definition) is 0. The van der Waals surface area contributed by atoms with Crippen molar-refractivity contribution in [2.75, 3.05) is 9.80 Å². The van der Waals surface area contributed by atoms with Crippen LogP contribution in [0, 0.1) is 0 Å². The van der Waals surface area contributed by atoms with Gasteiger partial charge in [0.25, 0.3) is 0 Å².